The van der Waals surface area contributed by atoms with Crippen molar-refractivity contribution in [3.63, 3.8) is 0 Å². The molecular formula is C14H23NO4. The number of nitrogens with one attached hydrogen (secondary N) is 1. The number of hydrogen-bond donors (Lipinski definition) is 2. The molecular weight excluding hydrogens is 246 g/mol. The molecule has 0 aliphatic carbocycles. The van der Waals surface area contributed by atoms with Crippen LogP contribution in [-0.4, -0.2) is 35.2 Å². The van der Waals surface area contributed by atoms with Crippen LogP contribution in [0.15, 0.2) is 0 Å². The van der Waals surface area contributed by atoms with E-state index >= 15 is 0 Å². The molecule has 2 aliphatic heterocycles. The monoisotopic (exact) mass is 269 g/mol. The summed E-state index contributed by atoms with van der Waals surface area (Å²) in [4.78, 5) is 23.6. The first-order valence-electron chi connectivity index (χ1n) is 7.16. The maximum Gasteiger partial charge on any atom is 0.326 e. The fourth-order valence-corrected chi connectivity index (χ4v) is 3.16. The fraction of sp³-hybridized carbons (Fsp3) is 0.857. The Morgan fingerprint density at radius 2 is 2.21 bits per heavy atom. The summed E-state index contributed by atoms with van der Waals surface area (Å²) in [7, 11) is 0. The predicted molar refractivity (Wildman–Crippen MR) is 69.7 cm³/mol. The molecule has 2 N–H and O–H groups in total. The second kappa shape index (κ2) is 5.49. The van der Waals surface area contributed by atoms with E-state index in [1.54, 1.807) is 0 Å². The van der Waals surface area contributed by atoms with E-state index in [-0.39, 0.29) is 18.1 Å². The number of ether oxygens (including phenoxy) is 1. The van der Waals surface area contributed by atoms with Gasteiger partial charge in [0.25, 0.3) is 0 Å². The number of amides is 1. The van der Waals surface area contributed by atoms with Gasteiger partial charge in [0.05, 0.1) is 17.6 Å². The Hall–Kier alpha value is -1.10. The van der Waals surface area contributed by atoms with Crippen molar-refractivity contribution in [2.45, 2.75) is 70.6 Å². The van der Waals surface area contributed by atoms with E-state index in [4.69, 9.17) is 9.84 Å². The van der Waals surface area contributed by atoms with Crippen LogP contribution in [0.3, 0.4) is 0 Å². The van der Waals surface area contributed by atoms with Crippen LogP contribution in [0, 0.1) is 5.41 Å². The lowest BCUT2D eigenvalue weighted by Gasteiger charge is -2.31. The van der Waals surface area contributed by atoms with E-state index in [1.165, 1.54) is 0 Å². The topological polar surface area (TPSA) is 75.6 Å². The van der Waals surface area contributed by atoms with E-state index in [1.807, 2.05) is 13.8 Å². The van der Waals surface area contributed by atoms with Crippen LogP contribution < -0.4 is 5.32 Å². The maximum absolute atomic E-state index is 12.4. The number of carbonyl (C=O) groups excluding carboxylic acids is 1. The first kappa shape index (κ1) is 14.3. The van der Waals surface area contributed by atoms with E-state index < -0.39 is 17.4 Å². The Balaban J connectivity index is 1.97. The van der Waals surface area contributed by atoms with Crippen molar-refractivity contribution >= 4 is 11.9 Å². The average Bonchev–Trinajstić information content (AvgIpc) is 2.94. The molecule has 1 amide bonds. The number of carbonyl (C=O) groups is 2. The molecule has 5 heteroatoms. The summed E-state index contributed by atoms with van der Waals surface area (Å²) in [6.07, 6.45) is 4.98. The summed E-state index contributed by atoms with van der Waals surface area (Å²) < 4.78 is 5.72. The third-order valence-corrected chi connectivity index (χ3v) is 4.44. The number of unbranched alkanes of at least 4 members (excludes halogenated alkanes) is 1. The highest BCUT2D eigenvalue weighted by Crippen LogP contribution is 2.47. The Morgan fingerprint density at radius 1 is 1.47 bits per heavy atom. The molecule has 0 saturated carbocycles. The van der Waals surface area contributed by atoms with Crippen LogP contribution in [0.5, 0.6) is 0 Å². The molecule has 0 aromatic rings. The fourth-order valence-electron chi connectivity index (χ4n) is 3.16. The van der Waals surface area contributed by atoms with Crippen LogP contribution in [0.1, 0.15) is 52.4 Å². The average molecular weight is 269 g/mol. The molecule has 19 heavy (non-hydrogen) atoms. The molecule has 5 nitrogen and oxygen atoms in total. The molecule has 3 unspecified atom stereocenters. The second-order valence-electron chi connectivity index (χ2n) is 5.95. The summed E-state index contributed by atoms with van der Waals surface area (Å²) >= 11 is 0. The minimum Gasteiger partial charge on any atom is -0.480 e. The van der Waals surface area contributed by atoms with Crippen LogP contribution in [0.4, 0.5) is 0 Å². The molecule has 108 valence electrons. The molecule has 0 aromatic carbocycles. The Labute approximate surface area is 113 Å². The lowest BCUT2D eigenvalue weighted by atomic mass is 9.74. The number of rotatable bonds is 6. The van der Waals surface area contributed by atoms with Crippen molar-refractivity contribution in [1.29, 1.82) is 0 Å². The van der Waals surface area contributed by atoms with Crippen molar-refractivity contribution in [2.75, 3.05) is 0 Å². The summed E-state index contributed by atoms with van der Waals surface area (Å²) in [6, 6.07) is -0.775. The molecule has 2 fully saturated rings. The summed E-state index contributed by atoms with van der Waals surface area (Å²) in [5, 5.41) is 11.9. The standard InChI is InChI=1S/C14H23NO4/c1-3-4-5-10(12(16)17)15-13(18)14(2)8-9-6-7-11(14)19-9/h9-11H,3-8H2,1-2H3,(H,15,18)(H,16,17)/t9?,10-,11?,14?/m0/s1. The van der Waals surface area contributed by atoms with Crippen LogP contribution in [0.2, 0.25) is 0 Å². The van der Waals surface area contributed by atoms with Crippen LogP contribution in [0.25, 0.3) is 0 Å². The first-order valence-corrected chi connectivity index (χ1v) is 7.16. The molecule has 2 aliphatic rings. The highest BCUT2D eigenvalue weighted by molar-refractivity contribution is 5.88. The zero-order valence-corrected chi connectivity index (χ0v) is 11.6. The van der Waals surface area contributed by atoms with Gasteiger partial charge in [0.2, 0.25) is 5.91 Å². The SMILES string of the molecule is CCCC[C@H](NC(=O)C1(C)CC2CCC1O2)C(=O)O. The van der Waals surface area contributed by atoms with Crippen LogP contribution >= 0.6 is 0 Å². The van der Waals surface area contributed by atoms with Crippen molar-refractivity contribution < 1.29 is 19.4 Å². The van der Waals surface area contributed by atoms with E-state index in [0.29, 0.717) is 12.8 Å². The van der Waals surface area contributed by atoms with Gasteiger partial charge in [-0.2, -0.15) is 0 Å². The molecule has 2 rings (SSSR count). The quantitative estimate of drug-likeness (QED) is 0.769. The number of hydrogen-bond acceptors (Lipinski definition) is 3. The lowest BCUT2D eigenvalue weighted by Crippen LogP contribution is -2.50. The van der Waals surface area contributed by atoms with Crippen molar-refractivity contribution in [2.24, 2.45) is 5.41 Å². The minimum absolute atomic E-state index is 0.0434. The number of aliphatic carboxylic acids is 1. The van der Waals surface area contributed by atoms with Gasteiger partial charge in [-0.25, -0.2) is 4.79 Å². The number of fused-ring (bicyclic) bond motifs is 2. The third kappa shape index (κ3) is 2.76. The molecule has 0 radical (unpaired) electrons. The van der Waals surface area contributed by atoms with Gasteiger partial charge in [-0.05, 0) is 32.6 Å². The van der Waals surface area contributed by atoms with Crippen molar-refractivity contribution in [3.8, 4) is 0 Å². The van der Waals surface area contributed by atoms with Gasteiger partial charge in [0.1, 0.15) is 6.04 Å². The van der Waals surface area contributed by atoms with Gasteiger partial charge in [-0.3, -0.25) is 4.79 Å². The zero-order valence-electron chi connectivity index (χ0n) is 11.6. The number of carboxylic acid groups (broad SMARTS) is 1. The smallest absolute Gasteiger partial charge is 0.326 e. The Bertz CT molecular complexity index is 370. The molecule has 4 atom stereocenters. The molecule has 2 bridgehead atoms. The van der Waals surface area contributed by atoms with Gasteiger partial charge in [0.15, 0.2) is 0 Å². The molecule has 2 saturated heterocycles. The Kier molecular flexibility index (Phi) is 4.13. The summed E-state index contributed by atoms with van der Waals surface area (Å²) in [5.74, 6) is -1.11. The van der Waals surface area contributed by atoms with Crippen molar-refractivity contribution in [3.05, 3.63) is 0 Å². The van der Waals surface area contributed by atoms with Crippen LogP contribution in [-0.2, 0) is 14.3 Å². The number of carboxylic acids is 1. The normalized spacial score (nSPS) is 34.2. The summed E-state index contributed by atoms with van der Waals surface area (Å²) in [5.41, 5.74) is -0.553. The first-order chi connectivity index (χ1) is 8.97. The Morgan fingerprint density at radius 3 is 2.68 bits per heavy atom. The highest BCUT2D eigenvalue weighted by Gasteiger charge is 2.54. The third-order valence-electron chi connectivity index (χ3n) is 4.44. The van der Waals surface area contributed by atoms with E-state index in [2.05, 4.69) is 5.32 Å². The molecule has 0 aromatic heterocycles. The van der Waals surface area contributed by atoms with Gasteiger partial charge < -0.3 is 15.2 Å². The second-order valence-corrected chi connectivity index (χ2v) is 5.95. The van der Waals surface area contributed by atoms with Crippen molar-refractivity contribution in [1.82, 2.24) is 5.32 Å². The van der Waals surface area contributed by atoms with Gasteiger partial charge >= 0.3 is 5.97 Å². The van der Waals surface area contributed by atoms with Gasteiger partial charge in [-0.15, -0.1) is 0 Å². The zero-order chi connectivity index (χ0) is 14.0. The van der Waals surface area contributed by atoms with E-state index in [9.17, 15) is 9.59 Å². The lowest BCUT2D eigenvalue weighted by molar-refractivity contribution is -0.144. The highest BCUT2D eigenvalue weighted by atomic mass is 16.5. The minimum atomic E-state index is -0.950. The molecule has 2 heterocycles. The maximum atomic E-state index is 12.4. The molecule has 0 spiro atoms. The van der Waals surface area contributed by atoms with Gasteiger partial charge in [-0.1, -0.05) is 19.8 Å². The largest absolute Gasteiger partial charge is 0.480 e. The predicted octanol–water partition coefficient (Wildman–Crippen LogP) is 1.70. The van der Waals surface area contributed by atoms with Gasteiger partial charge in [0, 0.05) is 0 Å². The summed E-state index contributed by atoms with van der Waals surface area (Å²) in [6.45, 7) is 3.90. The van der Waals surface area contributed by atoms with E-state index in [0.717, 1.165) is 25.7 Å².